The van der Waals surface area contributed by atoms with Gasteiger partial charge >= 0.3 is 6.03 Å². The summed E-state index contributed by atoms with van der Waals surface area (Å²) in [5.74, 6) is 0.582. The van der Waals surface area contributed by atoms with E-state index < -0.39 is 16.1 Å². The van der Waals surface area contributed by atoms with Gasteiger partial charge in [-0.2, -0.15) is 0 Å². The standard InChI is InChI=1S/C13H20N2O4S/c1-3-5-10-14-13(16)15-20(17,18)12-8-6-11(7-9-12)19-4-2/h6-9H,3-5,10H2,1-2H3,(H2,14,15,16). The SMILES string of the molecule is CCCCNC(=O)NS(=O)(=O)c1ccc(OCC)cc1. The van der Waals surface area contributed by atoms with Crippen LogP contribution in [0.15, 0.2) is 29.2 Å². The lowest BCUT2D eigenvalue weighted by molar-refractivity contribution is 0.245. The second-order valence-electron chi connectivity index (χ2n) is 4.12. The molecule has 0 aliphatic rings. The molecule has 0 radical (unpaired) electrons. The molecule has 0 aliphatic carbocycles. The van der Waals surface area contributed by atoms with Gasteiger partial charge in [0.15, 0.2) is 0 Å². The summed E-state index contributed by atoms with van der Waals surface area (Å²) in [7, 11) is -3.85. The van der Waals surface area contributed by atoms with E-state index in [4.69, 9.17) is 4.74 Å². The monoisotopic (exact) mass is 300 g/mol. The quantitative estimate of drug-likeness (QED) is 0.753. The normalized spacial score (nSPS) is 10.9. The summed E-state index contributed by atoms with van der Waals surface area (Å²) in [4.78, 5) is 11.5. The smallest absolute Gasteiger partial charge is 0.328 e. The van der Waals surface area contributed by atoms with Crippen molar-refractivity contribution >= 4 is 16.1 Å². The van der Waals surface area contributed by atoms with Gasteiger partial charge in [0.05, 0.1) is 11.5 Å². The predicted octanol–water partition coefficient (Wildman–Crippen LogP) is 1.87. The number of carbonyl (C=O) groups excluding carboxylic acids is 1. The fourth-order valence-corrected chi connectivity index (χ4v) is 2.41. The molecule has 0 aliphatic heterocycles. The van der Waals surface area contributed by atoms with E-state index in [1.807, 2.05) is 18.6 Å². The third-order valence-electron chi connectivity index (χ3n) is 2.49. The molecule has 1 aromatic rings. The summed E-state index contributed by atoms with van der Waals surface area (Å²) >= 11 is 0. The van der Waals surface area contributed by atoms with E-state index in [0.29, 0.717) is 18.9 Å². The van der Waals surface area contributed by atoms with E-state index >= 15 is 0 Å². The van der Waals surface area contributed by atoms with Crippen LogP contribution in [0.1, 0.15) is 26.7 Å². The number of benzene rings is 1. The van der Waals surface area contributed by atoms with Crippen LogP contribution in [0.3, 0.4) is 0 Å². The highest BCUT2D eigenvalue weighted by molar-refractivity contribution is 7.90. The third-order valence-corrected chi connectivity index (χ3v) is 3.83. The number of urea groups is 1. The maximum Gasteiger partial charge on any atom is 0.328 e. The summed E-state index contributed by atoms with van der Waals surface area (Å²) < 4.78 is 31.1. The van der Waals surface area contributed by atoms with Gasteiger partial charge in [-0.15, -0.1) is 0 Å². The number of sulfonamides is 1. The van der Waals surface area contributed by atoms with Crippen molar-refractivity contribution in [3.05, 3.63) is 24.3 Å². The van der Waals surface area contributed by atoms with Crippen LogP contribution in [0.4, 0.5) is 4.79 Å². The highest BCUT2D eigenvalue weighted by Gasteiger charge is 2.17. The molecular weight excluding hydrogens is 280 g/mol. The van der Waals surface area contributed by atoms with E-state index in [1.165, 1.54) is 12.1 Å². The molecule has 0 atom stereocenters. The minimum absolute atomic E-state index is 0.0200. The first-order valence-electron chi connectivity index (χ1n) is 6.53. The number of hydrogen-bond donors (Lipinski definition) is 2. The zero-order chi connectivity index (χ0) is 15.0. The van der Waals surface area contributed by atoms with Crippen LogP contribution in [0.2, 0.25) is 0 Å². The first kappa shape index (κ1) is 16.3. The summed E-state index contributed by atoms with van der Waals surface area (Å²) in [5, 5.41) is 2.49. The Labute approximate surface area is 119 Å². The van der Waals surface area contributed by atoms with Gasteiger partial charge in [-0.3, -0.25) is 0 Å². The highest BCUT2D eigenvalue weighted by atomic mass is 32.2. The van der Waals surface area contributed by atoms with Crippen molar-refractivity contribution in [1.29, 1.82) is 0 Å². The molecule has 2 N–H and O–H groups in total. The topological polar surface area (TPSA) is 84.5 Å². The van der Waals surface area contributed by atoms with Gasteiger partial charge in [0, 0.05) is 6.54 Å². The van der Waals surface area contributed by atoms with Crippen molar-refractivity contribution < 1.29 is 17.9 Å². The molecule has 0 bridgehead atoms. The van der Waals surface area contributed by atoms with Crippen LogP contribution in [-0.4, -0.2) is 27.6 Å². The molecule has 0 saturated heterocycles. The van der Waals surface area contributed by atoms with Gasteiger partial charge in [0.2, 0.25) is 0 Å². The summed E-state index contributed by atoms with van der Waals surface area (Å²) in [6, 6.07) is 5.17. The average molecular weight is 300 g/mol. The zero-order valence-electron chi connectivity index (χ0n) is 11.7. The Morgan fingerprint density at radius 2 is 1.85 bits per heavy atom. The molecule has 20 heavy (non-hydrogen) atoms. The lowest BCUT2D eigenvalue weighted by Gasteiger charge is -2.09. The summed E-state index contributed by atoms with van der Waals surface area (Å²) in [6.07, 6.45) is 1.72. The van der Waals surface area contributed by atoms with E-state index in [1.54, 1.807) is 12.1 Å². The van der Waals surface area contributed by atoms with Gasteiger partial charge in [-0.1, -0.05) is 13.3 Å². The number of unbranched alkanes of at least 4 members (excludes halogenated alkanes) is 1. The zero-order valence-corrected chi connectivity index (χ0v) is 12.5. The van der Waals surface area contributed by atoms with Gasteiger partial charge < -0.3 is 10.1 Å². The van der Waals surface area contributed by atoms with E-state index in [2.05, 4.69) is 5.32 Å². The van der Waals surface area contributed by atoms with Crippen molar-refractivity contribution in [2.45, 2.75) is 31.6 Å². The molecule has 112 valence electrons. The molecule has 2 amide bonds. The van der Waals surface area contributed by atoms with Crippen LogP contribution in [-0.2, 0) is 10.0 Å². The Bertz CT molecular complexity index is 526. The molecule has 7 heteroatoms. The molecule has 0 spiro atoms. The Morgan fingerprint density at radius 3 is 2.40 bits per heavy atom. The minimum atomic E-state index is -3.85. The number of ether oxygens (including phenoxy) is 1. The fraction of sp³-hybridized carbons (Fsp3) is 0.462. The third kappa shape index (κ3) is 5.08. The van der Waals surface area contributed by atoms with E-state index in [-0.39, 0.29) is 4.90 Å². The molecule has 0 unspecified atom stereocenters. The van der Waals surface area contributed by atoms with Gasteiger partial charge in [-0.25, -0.2) is 17.9 Å². The van der Waals surface area contributed by atoms with Gasteiger partial charge in [-0.05, 0) is 37.6 Å². The van der Waals surface area contributed by atoms with Crippen LogP contribution in [0, 0.1) is 0 Å². The number of nitrogens with one attached hydrogen (secondary N) is 2. The lowest BCUT2D eigenvalue weighted by Crippen LogP contribution is -2.39. The van der Waals surface area contributed by atoms with Crippen LogP contribution >= 0.6 is 0 Å². The minimum Gasteiger partial charge on any atom is -0.494 e. The largest absolute Gasteiger partial charge is 0.494 e. The predicted molar refractivity (Wildman–Crippen MR) is 76.2 cm³/mol. The molecule has 0 fully saturated rings. The fourth-order valence-electron chi connectivity index (χ4n) is 1.48. The maximum atomic E-state index is 11.9. The average Bonchev–Trinajstić information content (AvgIpc) is 2.39. The number of carbonyl (C=O) groups is 1. The molecule has 0 saturated carbocycles. The van der Waals surface area contributed by atoms with Gasteiger partial charge in [0.25, 0.3) is 10.0 Å². The summed E-state index contributed by atoms with van der Waals surface area (Å²) in [6.45, 7) is 4.77. The lowest BCUT2D eigenvalue weighted by atomic mass is 10.3. The van der Waals surface area contributed by atoms with Crippen molar-refractivity contribution in [3.63, 3.8) is 0 Å². The molecule has 1 rings (SSSR count). The van der Waals surface area contributed by atoms with Crippen LogP contribution < -0.4 is 14.8 Å². The molecule has 0 aromatic heterocycles. The number of rotatable bonds is 7. The summed E-state index contributed by atoms with van der Waals surface area (Å²) in [5.41, 5.74) is 0. The second-order valence-corrected chi connectivity index (χ2v) is 5.80. The van der Waals surface area contributed by atoms with Crippen LogP contribution in [0.25, 0.3) is 0 Å². The second kappa shape index (κ2) is 7.74. The van der Waals surface area contributed by atoms with Gasteiger partial charge in [0.1, 0.15) is 5.75 Å². The van der Waals surface area contributed by atoms with Crippen molar-refractivity contribution in [1.82, 2.24) is 10.0 Å². The Kier molecular flexibility index (Phi) is 6.30. The Morgan fingerprint density at radius 1 is 1.20 bits per heavy atom. The van der Waals surface area contributed by atoms with E-state index in [9.17, 15) is 13.2 Å². The van der Waals surface area contributed by atoms with E-state index in [0.717, 1.165) is 12.8 Å². The van der Waals surface area contributed by atoms with Crippen molar-refractivity contribution in [3.8, 4) is 5.75 Å². The molecule has 1 aromatic carbocycles. The number of hydrogen-bond acceptors (Lipinski definition) is 4. The highest BCUT2D eigenvalue weighted by Crippen LogP contribution is 2.15. The molecular formula is C13H20N2O4S. The van der Waals surface area contributed by atoms with Crippen molar-refractivity contribution in [2.75, 3.05) is 13.2 Å². The maximum absolute atomic E-state index is 11.9. The first-order valence-corrected chi connectivity index (χ1v) is 8.01. The Balaban J connectivity index is 2.66. The van der Waals surface area contributed by atoms with Crippen molar-refractivity contribution in [2.24, 2.45) is 0 Å². The molecule has 0 heterocycles. The van der Waals surface area contributed by atoms with Crippen LogP contribution in [0.5, 0.6) is 5.75 Å². The Hall–Kier alpha value is -1.76. The first-order chi connectivity index (χ1) is 9.49. The number of amides is 2. The molecule has 6 nitrogen and oxygen atoms in total.